The maximum Gasteiger partial charge on any atom is 0.534 e. The van der Waals surface area contributed by atoms with Crippen molar-refractivity contribution in [3.8, 4) is 23.3 Å². The molecule has 1 amide bonds. The summed E-state index contributed by atoms with van der Waals surface area (Å²) in [6.45, 7) is 11.8. The Morgan fingerprint density at radius 1 is 0.848 bits per heavy atom. The number of benzene rings is 2. The molecule has 0 aliphatic carbocycles. The van der Waals surface area contributed by atoms with Crippen LogP contribution >= 0.6 is 0 Å². The van der Waals surface area contributed by atoms with Gasteiger partial charge in [-0.2, -0.15) is 0 Å². The van der Waals surface area contributed by atoms with Gasteiger partial charge in [0.25, 0.3) is 0 Å². The van der Waals surface area contributed by atoms with Crippen molar-refractivity contribution in [1.82, 2.24) is 5.06 Å². The Labute approximate surface area is 195 Å². The number of para-hydroxylation sites is 2. The van der Waals surface area contributed by atoms with Crippen molar-refractivity contribution in [2.75, 3.05) is 0 Å². The Hall–Kier alpha value is -3.66. The van der Waals surface area contributed by atoms with Gasteiger partial charge in [0.05, 0.1) is 5.56 Å². The maximum absolute atomic E-state index is 12.7. The molecule has 176 valence electrons. The number of carbonyl (C=O) groups is 2. The molecule has 0 aliphatic rings. The van der Waals surface area contributed by atoms with Crippen molar-refractivity contribution in [3.05, 3.63) is 60.2 Å². The normalized spacial score (nSPS) is 12.0. The zero-order valence-electron chi connectivity index (χ0n) is 20.2. The molecule has 2 aromatic rings. The smallest absolute Gasteiger partial charge is 0.456 e. The summed E-state index contributed by atoms with van der Waals surface area (Å²) < 4.78 is 16.5. The van der Waals surface area contributed by atoms with E-state index in [1.165, 1.54) is 0 Å². The van der Waals surface area contributed by atoms with E-state index in [2.05, 4.69) is 11.8 Å². The fraction of sp³-hybridized carbons (Fsp3) is 0.385. The van der Waals surface area contributed by atoms with Crippen molar-refractivity contribution >= 4 is 12.2 Å². The molecule has 0 fully saturated rings. The minimum atomic E-state index is -1.03. The highest BCUT2D eigenvalue weighted by Gasteiger charge is 2.31. The quantitative estimate of drug-likeness (QED) is 0.307. The van der Waals surface area contributed by atoms with Crippen molar-refractivity contribution in [1.29, 1.82) is 0 Å². The molecule has 7 heteroatoms. The molecular weight excluding hydrogens is 422 g/mol. The molecule has 0 aliphatic heterocycles. The second-order valence-corrected chi connectivity index (χ2v) is 9.22. The Morgan fingerprint density at radius 3 is 2.03 bits per heavy atom. The third kappa shape index (κ3) is 9.16. The monoisotopic (exact) mass is 453 g/mol. The van der Waals surface area contributed by atoms with E-state index in [4.69, 9.17) is 19.0 Å². The van der Waals surface area contributed by atoms with Gasteiger partial charge in [0, 0.05) is 0 Å². The van der Waals surface area contributed by atoms with Crippen molar-refractivity contribution < 1.29 is 28.6 Å². The zero-order chi connectivity index (χ0) is 24.6. The summed E-state index contributed by atoms with van der Waals surface area (Å²) in [6, 6.07) is 15.7. The van der Waals surface area contributed by atoms with Crippen LogP contribution in [0.25, 0.3) is 0 Å². The van der Waals surface area contributed by atoms with Crippen LogP contribution in [0.5, 0.6) is 11.5 Å². The summed E-state index contributed by atoms with van der Waals surface area (Å²) in [4.78, 5) is 30.1. The van der Waals surface area contributed by atoms with Gasteiger partial charge in [0.15, 0.2) is 0 Å². The lowest BCUT2D eigenvalue weighted by Crippen LogP contribution is -2.43. The first-order valence-corrected chi connectivity index (χ1v) is 10.6. The number of hydrogen-bond acceptors (Lipinski definition) is 6. The zero-order valence-corrected chi connectivity index (χ0v) is 20.2. The second kappa shape index (κ2) is 10.8. The van der Waals surface area contributed by atoms with Crippen LogP contribution in [0, 0.1) is 11.8 Å². The molecule has 0 heterocycles. The van der Waals surface area contributed by atoms with E-state index >= 15 is 0 Å². The number of hydrogen-bond donors (Lipinski definition) is 0. The summed E-state index contributed by atoms with van der Waals surface area (Å²) in [5.41, 5.74) is -0.982. The topological polar surface area (TPSA) is 74.3 Å². The van der Waals surface area contributed by atoms with Gasteiger partial charge >= 0.3 is 12.2 Å². The molecule has 1 unspecified atom stereocenters. The van der Waals surface area contributed by atoms with Crippen LogP contribution in [-0.4, -0.2) is 34.6 Å². The lowest BCUT2D eigenvalue weighted by molar-refractivity contribution is -0.144. The molecule has 0 bridgehead atoms. The largest absolute Gasteiger partial charge is 0.534 e. The fourth-order valence-corrected chi connectivity index (χ4v) is 2.45. The molecule has 0 saturated heterocycles. The fourth-order valence-electron chi connectivity index (χ4n) is 2.45. The summed E-state index contributed by atoms with van der Waals surface area (Å²) >= 11 is 0. The van der Waals surface area contributed by atoms with Crippen molar-refractivity contribution in [3.63, 3.8) is 0 Å². The lowest BCUT2D eigenvalue weighted by Gasteiger charge is -2.28. The van der Waals surface area contributed by atoms with Gasteiger partial charge in [-0.1, -0.05) is 42.2 Å². The van der Waals surface area contributed by atoms with Crippen molar-refractivity contribution in [2.24, 2.45) is 0 Å². The van der Waals surface area contributed by atoms with E-state index in [1.54, 1.807) is 60.6 Å². The van der Waals surface area contributed by atoms with Gasteiger partial charge in [-0.05, 0) is 72.7 Å². The van der Waals surface area contributed by atoms with Gasteiger partial charge in [-0.3, -0.25) is 4.84 Å². The highest BCUT2D eigenvalue weighted by atomic mass is 16.8. The highest BCUT2D eigenvalue weighted by molar-refractivity contribution is 5.71. The number of rotatable bonds is 3. The molecule has 0 saturated carbocycles. The number of carbonyl (C=O) groups excluding carboxylic acids is 2. The van der Waals surface area contributed by atoms with E-state index in [9.17, 15) is 9.59 Å². The molecule has 0 radical (unpaired) electrons. The molecule has 0 aromatic heterocycles. The summed E-state index contributed by atoms with van der Waals surface area (Å²) in [7, 11) is 0. The maximum atomic E-state index is 12.7. The van der Waals surface area contributed by atoms with E-state index in [0.717, 1.165) is 5.06 Å². The van der Waals surface area contributed by atoms with Gasteiger partial charge in [0.1, 0.15) is 28.7 Å². The molecular formula is C26H31NO6. The number of amides is 1. The Morgan fingerprint density at radius 2 is 1.42 bits per heavy atom. The van der Waals surface area contributed by atoms with Gasteiger partial charge in [-0.25, -0.2) is 9.59 Å². The second-order valence-electron chi connectivity index (χ2n) is 9.22. The molecule has 33 heavy (non-hydrogen) atoms. The Kier molecular flexibility index (Phi) is 8.36. The van der Waals surface area contributed by atoms with Gasteiger partial charge in [-0.15, -0.1) is 5.06 Å². The first-order valence-electron chi connectivity index (χ1n) is 10.6. The van der Waals surface area contributed by atoms with Gasteiger partial charge < -0.3 is 14.2 Å². The first kappa shape index (κ1) is 25.6. The van der Waals surface area contributed by atoms with Crippen LogP contribution in [-0.2, 0) is 14.3 Å². The van der Waals surface area contributed by atoms with E-state index in [1.807, 2.05) is 42.5 Å². The average molecular weight is 454 g/mol. The van der Waals surface area contributed by atoms with Crippen LogP contribution in [0.2, 0.25) is 0 Å². The predicted molar refractivity (Wildman–Crippen MR) is 125 cm³/mol. The summed E-state index contributed by atoms with van der Waals surface area (Å²) in [5, 5.41) is 0.771. The predicted octanol–water partition coefficient (Wildman–Crippen LogP) is 6.32. The van der Waals surface area contributed by atoms with Crippen LogP contribution in [0.1, 0.15) is 54.0 Å². The molecule has 1 atom stereocenters. The van der Waals surface area contributed by atoms with E-state index < -0.39 is 29.5 Å². The summed E-state index contributed by atoms with van der Waals surface area (Å²) in [6.07, 6.45) is -1.89. The summed E-state index contributed by atoms with van der Waals surface area (Å²) in [5.74, 6) is 7.14. The number of ether oxygens (including phenoxy) is 3. The molecule has 0 spiro atoms. The van der Waals surface area contributed by atoms with E-state index in [-0.39, 0.29) is 0 Å². The van der Waals surface area contributed by atoms with Crippen molar-refractivity contribution in [2.45, 2.75) is 65.7 Å². The third-order valence-electron chi connectivity index (χ3n) is 3.76. The molecule has 0 N–H and O–H groups in total. The molecule has 2 rings (SSSR count). The lowest BCUT2D eigenvalue weighted by atomic mass is 10.2. The van der Waals surface area contributed by atoms with Crippen LogP contribution in [0.4, 0.5) is 9.59 Å². The van der Waals surface area contributed by atoms with Gasteiger partial charge in [0.2, 0.25) is 0 Å². The Bertz CT molecular complexity index is 1010. The molecule has 2 aromatic carbocycles. The standard InChI is InChI=1S/C26H31NO6/c1-19(27(23(28)31-25(2,3)4)33-24(29)32-26(5,6)7)17-18-20-13-11-12-16-22(20)30-21-14-9-8-10-15-21/h8-16,19H,1-7H3. The van der Waals surface area contributed by atoms with E-state index in [0.29, 0.717) is 17.1 Å². The number of hydroxylamine groups is 2. The van der Waals surface area contributed by atoms with Crippen LogP contribution < -0.4 is 4.74 Å². The third-order valence-corrected chi connectivity index (χ3v) is 3.76. The van der Waals surface area contributed by atoms with Crippen LogP contribution in [0.3, 0.4) is 0 Å². The minimum Gasteiger partial charge on any atom is -0.456 e. The minimum absolute atomic E-state index is 0.556. The first-order chi connectivity index (χ1) is 15.3. The number of nitrogens with zero attached hydrogens (tertiary/aromatic N) is 1. The molecule has 7 nitrogen and oxygen atoms in total. The SMILES string of the molecule is CC(C#Cc1ccccc1Oc1ccccc1)N(OC(=O)OC(C)(C)C)C(=O)OC(C)(C)C. The average Bonchev–Trinajstić information content (AvgIpc) is 2.69. The van der Waals surface area contributed by atoms with Crippen LogP contribution in [0.15, 0.2) is 54.6 Å². The Balaban J connectivity index is 2.26. The highest BCUT2D eigenvalue weighted by Crippen LogP contribution is 2.24.